The van der Waals surface area contributed by atoms with Crippen molar-refractivity contribution in [2.24, 2.45) is 0 Å². The first kappa shape index (κ1) is 12.6. The fraction of sp³-hybridized carbons (Fsp3) is 0.333. The van der Waals surface area contributed by atoms with Crippen LogP contribution in [0.15, 0.2) is 16.8 Å². The highest BCUT2D eigenvalue weighted by atomic mass is 32.1. The summed E-state index contributed by atoms with van der Waals surface area (Å²) in [6.07, 6.45) is 0. The van der Waals surface area contributed by atoms with Crippen molar-refractivity contribution < 1.29 is 4.79 Å². The van der Waals surface area contributed by atoms with Crippen LogP contribution >= 0.6 is 11.3 Å². The van der Waals surface area contributed by atoms with Crippen molar-refractivity contribution in [1.82, 2.24) is 10.2 Å². The SMILES string of the molecule is Cc1c(NC(=O)Nc2ccsc2)n[nH]c1C(C)C. The van der Waals surface area contributed by atoms with Gasteiger partial charge in [0.1, 0.15) is 0 Å². The van der Waals surface area contributed by atoms with E-state index in [4.69, 9.17) is 0 Å². The minimum Gasteiger partial charge on any atom is -0.307 e. The van der Waals surface area contributed by atoms with Gasteiger partial charge in [-0.15, -0.1) is 0 Å². The van der Waals surface area contributed by atoms with Crippen molar-refractivity contribution in [3.05, 3.63) is 28.1 Å². The molecule has 2 aromatic heterocycles. The Morgan fingerprint density at radius 1 is 1.44 bits per heavy atom. The van der Waals surface area contributed by atoms with Gasteiger partial charge in [0.05, 0.1) is 5.69 Å². The van der Waals surface area contributed by atoms with Gasteiger partial charge in [-0.1, -0.05) is 13.8 Å². The first-order valence-corrected chi connectivity index (χ1v) is 6.67. The molecule has 0 bridgehead atoms. The fourth-order valence-electron chi connectivity index (χ4n) is 1.70. The lowest BCUT2D eigenvalue weighted by Gasteiger charge is -2.05. The van der Waals surface area contributed by atoms with E-state index >= 15 is 0 Å². The molecule has 0 saturated carbocycles. The summed E-state index contributed by atoms with van der Waals surface area (Å²) in [7, 11) is 0. The molecule has 2 heterocycles. The molecule has 0 aromatic carbocycles. The number of amides is 2. The lowest BCUT2D eigenvalue weighted by molar-refractivity contribution is 0.262. The van der Waals surface area contributed by atoms with Gasteiger partial charge in [0.15, 0.2) is 5.82 Å². The predicted molar refractivity (Wildman–Crippen MR) is 74.4 cm³/mol. The van der Waals surface area contributed by atoms with Gasteiger partial charge in [0, 0.05) is 16.6 Å². The maximum Gasteiger partial charge on any atom is 0.324 e. The zero-order chi connectivity index (χ0) is 13.1. The molecular formula is C12H16N4OS. The molecule has 2 aromatic rings. The van der Waals surface area contributed by atoms with Crippen molar-refractivity contribution in [1.29, 1.82) is 0 Å². The number of thiophene rings is 1. The fourth-order valence-corrected chi connectivity index (χ4v) is 2.29. The molecule has 96 valence electrons. The predicted octanol–water partition coefficient (Wildman–Crippen LogP) is 3.55. The first-order chi connectivity index (χ1) is 8.58. The van der Waals surface area contributed by atoms with E-state index < -0.39 is 0 Å². The van der Waals surface area contributed by atoms with Crippen LogP contribution in [-0.2, 0) is 0 Å². The van der Waals surface area contributed by atoms with Gasteiger partial charge >= 0.3 is 6.03 Å². The van der Waals surface area contributed by atoms with E-state index in [0.717, 1.165) is 16.9 Å². The molecule has 5 nitrogen and oxygen atoms in total. The molecule has 0 saturated heterocycles. The number of H-pyrrole nitrogens is 1. The quantitative estimate of drug-likeness (QED) is 0.793. The molecule has 2 amide bonds. The third kappa shape index (κ3) is 2.70. The number of hydrogen-bond donors (Lipinski definition) is 3. The monoisotopic (exact) mass is 264 g/mol. The Balaban J connectivity index is 2.03. The lowest BCUT2D eigenvalue weighted by atomic mass is 10.1. The van der Waals surface area contributed by atoms with Crippen LogP contribution in [0.1, 0.15) is 31.0 Å². The molecule has 0 aliphatic heterocycles. The minimum absolute atomic E-state index is 0.279. The van der Waals surface area contributed by atoms with Gasteiger partial charge in [0.2, 0.25) is 0 Å². The van der Waals surface area contributed by atoms with Crippen molar-refractivity contribution in [3.63, 3.8) is 0 Å². The van der Waals surface area contributed by atoms with Crippen molar-refractivity contribution >= 4 is 28.9 Å². The average molecular weight is 264 g/mol. The molecule has 0 aliphatic rings. The molecular weight excluding hydrogens is 248 g/mol. The Morgan fingerprint density at radius 3 is 2.78 bits per heavy atom. The second kappa shape index (κ2) is 5.22. The molecule has 0 aliphatic carbocycles. The van der Waals surface area contributed by atoms with E-state index in [1.807, 2.05) is 23.8 Å². The molecule has 6 heteroatoms. The Morgan fingerprint density at radius 2 is 2.22 bits per heavy atom. The van der Waals surface area contributed by atoms with E-state index in [1.54, 1.807) is 0 Å². The van der Waals surface area contributed by atoms with Crippen molar-refractivity contribution in [3.8, 4) is 0 Å². The van der Waals surface area contributed by atoms with Crippen LogP contribution < -0.4 is 10.6 Å². The number of carbonyl (C=O) groups excluding carboxylic acids is 1. The van der Waals surface area contributed by atoms with Gasteiger partial charge in [-0.25, -0.2) is 4.79 Å². The molecule has 0 unspecified atom stereocenters. The summed E-state index contributed by atoms with van der Waals surface area (Å²) in [6.45, 7) is 6.10. The van der Waals surface area contributed by atoms with Gasteiger partial charge in [-0.2, -0.15) is 16.4 Å². The molecule has 0 atom stereocenters. The van der Waals surface area contributed by atoms with Gasteiger partial charge < -0.3 is 5.32 Å². The first-order valence-electron chi connectivity index (χ1n) is 5.73. The Bertz CT molecular complexity index is 530. The number of aromatic amines is 1. The number of anilines is 2. The summed E-state index contributed by atoms with van der Waals surface area (Å²) in [4.78, 5) is 11.7. The molecule has 0 fully saturated rings. The normalized spacial score (nSPS) is 10.7. The summed E-state index contributed by atoms with van der Waals surface area (Å²) >= 11 is 1.53. The lowest BCUT2D eigenvalue weighted by Crippen LogP contribution is -2.19. The highest BCUT2D eigenvalue weighted by molar-refractivity contribution is 7.08. The van der Waals surface area contributed by atoms with Crippen molar-refractivity contribution in [2.75, 3.05) is 10.6 Å². The van der Waals surface area contributed by atoms with Crippen LogP contribution in [0.2, 0.25) is 0 Å². The number of aromatic nitrogens is 2. The number of nitrogens with zero attached hydrogens (tertiary/aromatic N) is 1. The second-order valence-corrected chi connectivity index (χ2v) is 5.14. The molecule has 3 N–H and O–H groups in total. The smallest absolute Gasteiger partial charge is 0.307 e. The van der Waals surface area contributed by atoms with Gasteiger partial charge in [-0.3, -0.25) is 10.4 Å². The minimum atomic E-state index is -0.279. The summed E-state index contributed by atoms with van der Waals surface area (Å²) in [5.41, 5.74) is 2.81. The van der Waals surface area contributed by atoms with E-state index in [9.17, 15) is 4.79 Å². The van der Waals surface area contributed by atoms with Gasteiger partial charge in [0.25, 0.3) is 0 Å². The number of carbonyl (C=O) groups is 1. The Labute approximate surface area is 110 Å². The molecule has 2 rings (SSSR count). The maximum atomic E-state index is 11.7. The van der Waals surface area contributed by atoms with Crippen molar-refractivity contribution in [2.45, 2.75) is 26.7 Å². The molecule has 0 radical (unpaired) electrons. The van der Waals surface area contributed by atoms with Crippen LogP contribution in [-0.4, -0.2) is 16.2 Å². The standard InChI is InChI=1S/C12H16N4OS/c1-7(2)10-8(3)11(16-15-10)14-12(17)13-9-4-5-18-6-9/h4-7H,1-3H3,(H3,13,14,15,16,17). The molecule has 18 heavy (non-hydrogen) atoms. The number of rotatable bonds is 3. The summed E-state index contributed by atoms with van der Waals surface area (Å²) < 4.78 is 0. The topological polar surface area (TPSA) is 69.8 Å². The highest BCUT2D eigenvalue weighted by Crippen LogP contribution is 2.22. The van der Waals surface area contributed by atoms with E-state index in [2.05, 4.69) is 34.7 Å². The van der Waals surface area contributed by atoms with E-state index in [0.29, 0.717) is 11.7 Å². The van der Waals surface area contributed by atoms with Crippen LogP contribution in [0.25, 0.3) is 0 Å². The number of hydrogen-bond acceptors (Lipinski definition) is 3. The maximum absolute atomic E-state index is 11.7. The number of urea groups is 1. The van der Waals surface area contributed by atoms with Crippen LogP contribution in [0.3, 0.4) is 0 Å². The summed E-state index contributed by atoms with van der Waals surface area (Å²) in [5.74, 6) is 0.930. The Hall–Kier alpha value is -1.82. The largest absolute Gasteiger partial charge is 0.324 e. The zero-order valence-electron chi connectivity index (χ0n) is 10.6. The number of nitrogens with one attached hydrogen (secondary N) is 3. The van der Waals surface area contributed by atoms with Crippen LogP contribution in [0.4, 0.5) is 16.3 Å². The highest BCUT2D eigenvalue weighted by Gasteiger charge is 2.13. The van der Waals surface area contributed by atoms with Gasteiger partial charge in [-0.05, 0) is 24.3 Å². The van der Waals surface area contributed by atoms with Crippen LogP contribution in [0.5, 0.6) is 0 Å². The summed E-state index contributed by atoms with van der Waals surface area (Å²) in [5, 5.41) is 16.3. The zero-order valence-corrected chi connectivity index (χ0v) is 11.4. The Kier molecular flexibility index (Phi) is 3.66. The average Bonchev–Trinajstić information content (AvgIpc) is 2.90. The second-order valence-electron chi connectivity index (χ2n) is 4.36. The third-order valence-electron chi connectivity index (χ3n) is 2.64. The van der Waals surface area contributed by atoms with E-state index in [-0.39, 0.29) is 6.03 Å². The summed E-state index contributed by atoms with van der Waals surface area (Å²) in [6, 6.07) is 1.57. The third-order valence-corrected chi connectivity index (χ3v) is 3.32. The van der Waals surface area contributed by atoms with Crippen LogP contribution in [0, 0.1) is 6.92 Å². The van der Waals surface area contributed by atoms with E-state index in [1.165, 1.54) is 11.3 Å². The molecule has 0 spiro atoms.